The molecule has 1 unspecified atom stereocenters. The minimum absolute atomic E-state index is 0.0641. The topological polar surface area (TPSA) is 46.9 Å². The Morgan fingerprint density at radius 1 is 1.37 bits per heavy atom. The fraction of sp³-hybridized carbons (Fsp3) is 0.231. The van der Waals surface area contributed by atoms with Crippen molar-refractivity contribution in [3.05, 3.63) is 56.7 Å². The Labute approximate surface area is 118 Å². The van der Waals surface area contributed by atoms with Gasteiger partial charge in [0.15, 0.2) is 0 Å². The summed E-state index contributed by atoms with van der Waals surface area (Å²) in [6.07, 6.45) is 1.57. The second-order valence-electron chi connectivity index (χ2n) is 4.22. The SMILES string of the molecule is CC(Nc1cnn(C)c(=O)c1Br)c1ccc(F)cc1. The van der Waals surface area contributed by atoms with Gasteiger partial charge in [-0.15, -0.1) is 0 Å². The van der Waals surface area contributed by atoms with E-state index in [9.17, 15) is 9.18 Å². The van der Waals surface area contributed by atoms with Gasteiger partial charge in [0, 0.05) is 13.1 Å². The van der Waals surface area contributed by atoms with Gasteiger partial charge in [0.1, 0.15) is 10.3 Å². The Hall–Kier alpha value is -1.69. The fourth-order valence-corrected chi connectivity index (χ4v) is 2.15. The van der Waals surface area contributed by atoms with E-state index in [1.165, 1.54) is 16.8 Å². The van der Waals surface area contributed by atoms with E-state index in [-0.39, 0.29) is 17.4 Å². The number of aromatic nitrogens is 2. The van der Waals surface area contributed by atoms with Crippen molar-refractivity contribution in [2.45, 2.75) is 13.0 Å². The van der Waals surface area contributed by atoms with Crippen molar-refractivity contribution in [3.8, 4) is 0 Å². The van der Waals surface area contributed by atoms with Crippen LogP contribution in [0.5, 0.6) is 0 Å². The van der Waals surface area contributed by atoms with Crippen LogP contribution in [0.25, 0.3) is 0 Å². The first-order valence-electron chi connectivity index (χ1n) is 5.73. The number of hydrogen-bond acceptors (Lipinski definition) is 3. The van der Waals surface area contributed by atoms with Gasteiger partial charge in [-0.25, -0.2) is 9.07 Å². The van der Waals surface area contributed by atoms with Gasteiger partial charge in [0.05, 0.1) is 11.9 Å². The van der Waals surface area contributed by atoms with Crippen LogP contribution in [0.4, 0.5) is 10.1 Å². The molecular formula is C13H13BrFN3O. The number of benzene rings is 1. The third kappa shape index (κ3) is 3.01. The van der Waals surface area contributed by atoms with E-state index in [2.05, 4.69) is 26.3 Å². The molecule has 1 atom stereocenters. The van der Waals surface area contributed by atoms with Crippen molar-refractivity contribution in [3.63, 3.8) is 0 Å². The Morgan fingerprint density at radius 2 is 2.00 bits per heavy atom. The average Bonchev–Trinajstić information content (AvgIpc) is 2.40. The Balaban J connectivity index is 2.24. The van der Waals surface area contributed by atoms with Crippen LogP contribution < -0.4 is 10.9 Å². The first-order chi connectivity index (χ1) is 8.99. The number of aryl methyl sites for hydroxylation is 1. The lowest BCUT2D eigenvalue weighted by Gasteiger charge is -2.16. The highest BCUT2D eigenvalue weighted by molar-refractivity contribution is 9.10. The highest BCUT2D eigenvalue weighted by Crippen LogP contribution is 2.23. The second-order valence-corrected chi connectivity index (χ2v) is 5.01. The number of nitrogens with one attached hydrogen (secondary N) is 1. The summed E-state index contributed by atoms with van der Waals surface area (Å²) < 4.78 is 14.5. The van der Waals surface area contributed by atoms with Crippen LogP contribution in [0.3, 0.4) is 0 Å². The molecule has 0 aliphatic heterocycles. The molecule has 0 spiro atoms. The molecule has 1 heterocycles. The van der Waals surface area contributed by atoms with E-state index in [0.717, 1.165) is 5.56 Å². The molecule has 0 aliphatic carbocycles. The van der Waals surface area contributed by atoms with Gasteiger partial charge < -0.3 is 5.32 Å². The van der Waals surface area contributed by atoms with Crippen molar-refractivity contribution in [2.75, 3.05) is 5.32 Å². The molecule has 0 fully saturated rings. The molecule has 2 aromatic rings. The van der Waals surface area contributed by atoms with Crippen LogP contribution in [0.1, 0.15) is 18.5 Å². The molecule has 1 N–H and O–H groups in total. The van der Waals surface area contributed by atoms with Crippen LogP contribution in [0.2, 0.25) is 0 Å². The zero-order valence-corrected chi connectivity index (χ0v) is 12.1. The minimum Gasteiger partial charge on any atom is -0.376 e. The number of anilines is 1. The van der Waals surface area contributed by atoms with Crippen LogP contribution in [-0.4, -0.2) is 9.78 Å². The van der Waals surface area contributed by atoms with Gasteiger partial charge in [-0.3, -0.25) is 4.79 Å². The average molecular weight is 326 g/mol. The summed E-state index contributed by atoms with van der Waals surface area (Å²) in [4.78, 5) is 11.7. The zero-order chi connectivity index (χ0) is 14.0. The molecule has 6 heteroatoms. The van der Waals surface area contributed by atoms with Crippen LogP contribution in [0, 0.1) is 5.82 Å². The third-order valence-electron chi connectivity index (χ3n) is 2.82. The van der Waals surface area contributed by atoms with Crippen LogP contribution in [0.15, 0.2) is 39.7 Å². The molecule has 2 rings (SSSR count). The summed E-state index contributed by atoms with van der Waals surface area (Å²) in [6, 6.07) is 6.16. The Kier molecular flexibility index (Phi) is 3.99. The highest BCUT2D eigenvalue weighted by Gasteiger charge is 2.11. The maximum absolute atomic E-state index is 12.9. The van der Waals surface area contributed by atoms with Gasteiger partial charge >= 0.3 is 0 Å². The molecule has 0 saturated carbocycles. The molecule has 4 nitrogen and oxygen atoms in total. The summed E-state index contributed by atoms with van der Waals surface area (Å²) in [5.41, 5.74) is 1.32. The van der Waals surface area contributed by atoms with Gasteiger partial charge in [0.25, 0.3) is 5.56 Å². The van der Waals surface area contributed by atoms with E-state index in [4.69, 9.17) is 0 Å². The molecular weight excluding hydrogens is 313 g/mol. The normalized spacial score (nSPS) is 12.2. The smallest absolute Gasteiger partial charge is 0.282 e. The predicted octanol–water partition coefficient (Wildman–Crippen LogP) is 2.86. The standard InChI is InChI=1S/C13H13BrFN3O/c1-8(9-3-5-10(15)6-4-9)17-11-7-16-18(2)13(19)12(11)14/h3-8,17H,1-2H3. The van der Waals surface area contributed by atoms with Crippen molar-refractivity contribution < 1.29 is 4.39 Å². The molecule has 1 aromatic heterocycles. The number of rotatable bonds is 3. The summed E-state index contributed by atoms with van der Waals surface area (Å²) in [7, 11) is 1.58. The third-order valence-corrected chi connectivity index (χ3v) is 3.59. The molecule has 0 saturated heterocycles. The number of halogens is 2. The molecule has 0 amide bonds. The molecule has 1 aromatic carbocycles. The first-order valence-corrected chi connectivity index (χ1v) is 6.52. The maximum Gasteiger partial charge on any atom is 0.282 e. The van der Waals surface area contributed by atoms with Crippen molar-refractivity contribution >= 4 is 21.6 Å². The Bertz CT molecular complexity index is 639. The lowest BCUT2D eigenvalue weighted by molar-refractivity contribution is 0.626. The predicted molar refractivity (Wildman–Crippen MR) is 75.6 cm³/mol. The van der Waals surface area contributed by atoms with E-state index in [1.54, 1.807) is 25.4 Å². The Morgan fingerprint density at radius 3 is 2.63 bits per heavy atom. The largest absolute Gasteiger partial charge is 0.376 e. The van der Waals surface area contributed by atoms with Crippen LogP contribution in [-0.2, 0) is 7.05 Å². The lowest BCUT2D eigenvalue weighted by Crippen LogP contribution is -2.22. The quantitative estimate of drug-likeness (QED) is 0.943. The summed E-state index contributed by atoms with van der Waals surface area (Å²) in [5.74, 6) is -0.271. The second kappa shape index (κ2) is 5.52. The lowest BCUT2D eigenvalue weighted by atomic mass is 10.1. The minimum atomic E-state index is -0.271. The fourth-order valence-electron chi connectivity index (χ4n) is 1.68. The number of nitrogens with zero attached hydrogens (tertiary/aromatic N) is 2. The van der Waals surface area contributed by atoms with Gasteiger partial charge in [-0.2, -0.15) is 5.10 Å². The van der Waals surface area contributed by atoms with Gasteiger partial charge in [0.2, 0.25) is 0 Å². The molecule has 100 valence electrons. The maximum atomic E-state index is 12.9. The van der Waals surface area contributed by atoms with E-state index in [0.29, 0.717) is 10.2 Å². The van der Waals surface area contributed by atoms with Crippen molar-refractivity contribution in [1.29, 1.82) is 0 Å². The summed E-state index contributed by atoms with van der Waals surface area (Å²) in [6.45, 7) is 1.93. The number of hydrogen-bond donors (Lipinski definition) is 1. The molecule has 0 radical (unpaired) electrons. The summed E-state index contributed by atoms with van der Waals surface area (Å²) in [5, 5.41) is 7.12. The molecule has 0 bridgehead atoms. The zero-order valence-electron chi connectivity index (χ0n) is 10.5. The monoisotopic (exact) mass is 325 g/mol. The van der Waals surface area contributed by atoms with Crippen molar-refractivity contribution in [2.24, 2.45) is 7.05 Å². The van der Waals surface area contributed by atoms with Gasteiger partial charge in [-0.05, 0) is 40.5 Å². The van der Waals surface area contributed by atoms with E-state index in [1.807, 2.05) is 6.92 Å². The van der Waals surface area contributed by atoms with Crippen LogP contribution >= 0.6 is 15.9 Å². The molecule has 19 heavy (non-hydrogen) atoms. The van der Waals surface area contributed by atoms with Crippen molar-refractivity contribution in [1.82, 2.24) is 9.78 Å². The molecule has 0 aliphatic rings. The summed E-state index contributed by atoms with van der Waals surface area (Å²) >= 11 is 3.25. The van der Waals surface area contributed by atoms with Gasteiger partial charge in [-0.1, -0.05) is 12.1 Å². The van der Waals surface area contributed by atoms with E-state index >= 15 is 0 Å². The first kappa shape index (κ1) is 13.7. The van der Waals surface area contributed by atoms with E-state index < -0.39 is 0 Å². The highest BCUT2D eigenvalue weighted by atomic mass is 79.9.